The van der Waals surface area contributed by atoms with E-state index >= 15 is 0 Å². The highest BCUT2D eigenvalue weighted by molar-refractivity contribution is 5.70. The van der Waals surface area contributed by atoms with Crippen LogP contribution in [0.15, 0.2) is 42.5 Å². The summed E-state index contributed by atoms with van der Waals surface area (Å²) >= 11 is 0. The Morgan fingerprint density at radius 1 is 0.811 bits per heavy atom. The molecule has 0 aliphatic carbocycles. The highest BCUT2D eigenvalue weighted by Crippen LogP contribution is 2.44. The van der Waals surface area contributed by atoms with Crippen LogP contribution in [0.2, 0.25) is 0 Å². The van der Waals surface area contributed by atoms with Crippen molar-refractivity contribution >= 4 is 5.97 Å². The Balaban J connectivity index is 1.38. The summed E-state index contributed by atoms with van der Waals surface area (Å²) in [5.74, 6) is -2.71. The van der Waals surface area contributed by atoms with Crippen molar-refractivity contribution in [1.29, 1.82) is 0 Å². The second kappa shape index (κ2) is 10.7. The smallest absolute Gasteiger partial charge is 0.306 e. The lowest BCUT2D eigenvalue weighted by molar-refractivity contribution is -0.155. The van der Waals surface area contributed by atoms with Crippen molar-refractivity contribution in [3.63, 3.8) is 0 Å². The molecule has 4 rings (SSSR count). The molecule has 10 nitrogen and oxygen atoms in total. The Hall–Kier alpha value is -4.47. The largest absolute Gasteiger partial charge is 0.508 e. The number of benzene rings is 3. The lowest BCUT2D eigenvalue weighted by atomic mass is 9.93. The lowest BCUT2D eigenvalue weighted by Crippen LogP contribution is -2.34. The van der Waals surface area contributed by atoms with Gasteiger partial charge in [0.15, 0.2) is 34.9 Å². The van der Waals surface area contributed by atoms with Crippen molar-refractivity contribution in [2.75, 3.05) is 0 Å². The van der Waals surface area contributed by atoms with E-state index in [4.69, 9.17) is 9.47 Å². The number of carbonyl (C=O) groups excluding carboxylic acids is 1. The fraction of sp³-hybridized carbons (Fsp3) is 0.296. The Morgan fingerprint density at radius 2 is 1.54 bits per heavy atom. The quantitative estimate of drug-likeness (QED) is 0.132. The molecule has 0 saturated carbocycles. The predicted octanol–water partition coefficient (Wildman–Crippen LogP) is 4.02. The summed E-state index contributed by atoms with van der Waals surface area (Å²) in [4.78, 5) is 12.7. The van der Waals surface area contributed by atoms with Crippen LogP contribution >= 0.6 is 0 Å². The molecule has 0 saturated heterocycles. The molecule has 0 bridgehead atoms. The molecule has 0 spiro atoms. The van der Waals surface area contributed by atoms with E-state index in [1.807, 2.05) is 0 Å². The Labute approximate surface area is 212 Å². The van der Waals surface area contributed by atoms with E-state index in [2.05, 4.69) is 0 Å². The summed E-state index contributed by atoms with van der Waals surface area (Å²) in [6, 6.07) is 9.37. The molecule has 0 radical (unpaired) electrons. The normalized spacial score (nSPS) is 16.5. The van der Waals surface area contributed by atoms with Crippen molar-refractivity contribution in [3.05, 3.63) is 59.2 Å². The summed E-state index contributed by atoms with van der Waals surface area (Å²) in [6.45, 7) is 0. The second-order valence-electron chi connectivity index (χ2n) is 9.00. The number of rotatable bonds is 8. The minimum absolute atomic E-state index is 0.104. The van der Waals surface area contributed by atoms with Crippen molar-refractivity contribution in [2.24, 2.45) is 0 Å². The first-order valence-corrected chi connectivity index (χ1v) is 11.8. The van der Waals surface area contributed by atoms with Crippen molar-refractivity contribution in [3.8, 4) is 46.0 Å². The Bertz CT molecular complexity index is 1280. The molecule has 0 fully saturated rings. The van der Waals surface area contributed by atoms with Gasteiger partial charge in [0.05, 0.1) is 0 Å². The van der Waals surface area contributed by atoms with E-state index in [0.717, 1.165) is 0 Å². The number of phenolic OH excluding ortho intramolecular Hbond substituents is 7. The van der Waals surface area contributed by atoms with E-state index in [1.165, 1.54) is 42.5 Å². The zero-order chi connectivity index (χ0) is 26.7. The van der Waals surface area contributed by atoms with Crippen LogP contribution in [0, 0.1) is 0 Å². The number of carbonyl (C=O) groups is 1. The van der Waals surface area contributed by atoms with Gasteiger partial charge in [0.2, 0.25) is 0 Å². The molecule has 37 heavy (non-hydrogen) atoms. The van der Waals surface area contributed by atoms with Crippen LogP contribution in [0.3, 0.4) is 0 Å². The summed E-state index contributed by atoms with van der Waals surface area (Å²) in [5.41, 5.74) is 1.46. The second-order valence-corrected chi connectivity index (χ2v) is 9.00. The van der Waals surface area contributed by atoms with Gasteiger partial charge in [0.25, 0.3) is 0 Å². The first-order chi connectivity index (χ1) is 17.6. The minimum Gasteiger partial charge on any atom is -0.508 e. The molecular weight excluding hydrogens is 484 g/mol. The molecule has 3 aromatic carbocycles. The van der Waals surface area contributed by atoms with E-state index in [1.54, 1.807) is 0 Å². The zero-order valence-electron chi connectivity index (χ0n) is 19.8. The summed E-state index contributed by atoms with van der Waals surface area (Å²) in [6.07, 6.45) is 0.893. The van der Waals surface area contributed by atoms with Gasteiger partial charge in [-0.25, -0.2) is 0 Å². The van der Waals surface area contributed by atoms with Crippen molar-refractivity contribution in [1.82, 2.24) is 0 Å². The number of fused-ring (bicyclic) bond motifs is 1. The zero-order valence-corrected chi connectivity index (χ0v) is 19.8. The number of phenols is 7. The van der Waals surface area contributed by atoms with Gasteiger partial charge in [-0.1, -0.05) is 12.5 Å². The SMILES string of the molecule is O=C(CCCCCc1cc(O)c(O)c(O)c1)O[C@@H]1Cc2c(O)cc(O)cc2O[C@@H]1c1ccc(O)c(O)c1. The van der Waals surface area contributed by atoms with Gasteiger partial charge in [-0.15, -0.1) is 0 Å². The molecule has 1 heterocycles. The van der Waals surface area contributed by atoms with Gasteiger partial charge < -0.3 is 45.2 Å². The summed E-state index contributed by atoms with van der Waals surface area (Å²) in [7, 11) is 0. The van der Waals surface area contributed by atoms with Gasteiger partial charge in [0.1, 0.15) is 23.4 Å². The maximum absolute atomic E-state index is 12.7. The highest BCUT2D eigenvalue weighted by Gasteiger charge is 2.36. The third kappa shape index (κ3) is 5.85. The van der Waals surface area contributed by atoms with Gasteiger partial charge in [0, 0.05) is 36.1 Å². The van der Waals surface area contributed by atoms with Gasteiger partial charge in [-0.05, 0) is 49.1 Å². The molecule has 1 aliphatic heterocycles. The average molecular weight is 513 g/mol. The molecule has 0 amide bonds. The van der Waals surface area contributed by atoms with Crippen molar-refractivity contribution < 1.29 is 50.0 Å². The first kappa shape index (κ1) is 25.6. The molecule has 2 atom stereocenters. The summed E-state index contributed by atoms with van der Waals surface area (Å²) < 4.78 is 11.7. The van der Waals surface area contributed by atoms with E-state index in [0.29, 0.717) is 42.4 Å². The van der Waals surface area contributed by atoms with Crippen LogP contribution in [-0.4, -0.2) is 47.8 Å². The molecule has 10 heteroatoms. The van der Waals surface area contributed by atoms with Crippen molar-refractivity contribution in [2.45, 2.75) is 50.7 Å². The molecular formula is C27H28O10. The van der Waals surface area contributed by atoms with E-state index in [9.17, 15) is 40.5 Å². The number of aryl methyl sites for hydroxylation is 1. The number of hydrogen-bond donors (Lipinski definition) is 7. The lowest BCUT2D eigenvalue weighted by Gasteiger charge is -2.34. The predicted molar refractivity (Wildman–Crippen MR) is 130 cm³/mol. The molecule has 3 aromatic rings. The molecule has 0 aromatic heterocycles. The van der Waals surface area contributed by atoms with E-state index in [-0.39, 0.29) is 41.6 Å². The highest BCUT2D eigenvalue weighted by atomic mass is 16.6. The third-order valence-corrected chi connectivity index (χ3v) is 6.25. The molecule has 7 N–H and O–H groups in total. The number of ether oxygens (including phenoxy) is 2. The van der Waals surface area contributed by atoms with Crippen LogP contribution in [0.5, 0.6) is 46.0 Å². The first-order valence-electron chi connectivity index (χ1n) is 11.8. The monoisotopic (exact) mass is 512 g/mol. The molecule has 1 aliphatic rings. The number of unbranched alkanes of at least 4 members (excludes halogenated alkanes) is 2. The van der Waals surface area contributed by atoms with Crippen LogP contribution < -0.4 is 4.74 Å². The van der Waals surface area contributed by atoms with Crippen LogP contribution in [0.1, 0.15) is 48.5 Å². The summed E-state index contributed by atoms with van der Waals surface area (Å²) in [5, 5.41) is 68.3. The van der Waals surface area contributed by atoms with Crippen LogP contribution in [0.25, 0.3) is 0 Å². The van der Waals surface area contributed by atoms with Crippen LogP contribution in [0.4, 0.5) is 0 Å². The average Bonchev–Trinajstić information content (AvgIpc) is 2.84. The van der Waals surface area contributed by atoms with Gasteiger partial charge in [-0.2, -0.15) is 0 Å². The van der Waals surface area contributed by atoms with Gasteiger partial charge >= 0.3 is 5.97 Å². The minimum atomic E-state index is -0.862. The number of esters is 1. The fourth-order valence-corrected chi connectivity index (χ4v) is 4.36. The standard InChI is InChI=1S/C27H28O10/c28-16-11-19(30)17-13-24(27(37-23(17)12-16)15-6-7-18(29)20(31)10-15)36-25(34)5-3-1-2-4-14-8-21(32)26(35)22(33)9-14/h6-12,24,27-33,35H,1-5,13H2/t24-,27-/m1/s1. The third-order valence-electron chi connectivity index (χ3n) is 6.25. The van der Waals surface area contributed by atoms with E-state index < -0.39 is 35.4 Å². The maximum Gasteiger partial charge on any atom is 0.306 e. The topological polar surface area (TPSA) is 177 Å². The van der Waals surface area contributed by atoms with Crippen LogP contribution in [-0.2, 0) is 22.4 Å². The molecule has 196 valence electrons. The Kier molecular flexibility index (Phi) is 7.37. The number of hydrogen-bond acceptors (Lipinski definition) is 10. The van der Waals surface area contributed by atoms with Gasteiger partial charge in [-0.3, -0.25) is 4.79 Å². The Morgan fingerprint density at radius 3 is 2.24 bits per heavy atom. The number of aromatic hydroxyl groups is 7. The molecule has 0 unspecified atom stereocenters. The fourth-order valence-electron chi connectivity index (χ4n) is 4.36. The maximum atomic E-state index is 12.7.